The molecule has 5 rings (SSSR count). The number of anilines is 1. The summed E-state index contributed by atoms with van der Waals surface area (Å²) in [5.74, 6) is -0.00344. The van der Waals surface area contributed by atoms with E-state index in [4.69, 9.17) is 0 Å². The largest absolute Gasteiger partial charge is 0.301 e. The van der Waals surface area contributed by atoms with Crippen molar-refractivity contribution < 1.29 is 4.79 Å². The number of fused-ring (bicyclic) bond motifs is 1. The number of amides is 1. The van der Waals surface area contributed by atoms with Gasteiger partial charge in [0.25, 0.3) is 5.56 Å². The van der Waals surface area contributed by atoms with E-state index in [1.165, 1.54) is 28.7 Å². The molecule has 0 aliphatic heterocycles. The Kier molecular flexibility index (Phi) is 5.33. The number of nitrogens with one attached hydrogen (secondary N) is 1. The molecule has 1 aliphatic rings. The molecule has 4 aromatic rings. The maximum atomic E-state index is 12.9. The number of rotatable bonds is 6. The van der Waals surface area contributed by atoms with Crippen molar-refractivity contribution in [2.45, 2.75) is 31.0 Å². The Labute approximate surface area is 187 Å². The molecule has 0 atom stereocenters. The Morgan fingerprint density at radius 2 is 1.94 bits per heavy atom. The van der Waals surface area contributed by atoms with Gasteiger partial charge in [0, 0.05) is 17.0 Å². The van der Waals surface area contributed by atoms with Crippen LogP contribution in [0.5, 0.6) is 0 Å². The number of nitrogens with zero attached hydrogens (tertiary/aromatic N) is 3. The van der Waals surface area contributed by atoms with Crippen LogP contribution in [0, 0.1) is 6.92 Å². The zero-order chi connectivity index (χ0) is 21.4. The quantitative estimate of drug-likeness (QED) is 0.336. The summed E-state index contributed by atoms with van der Waals surface area (Å²) in [7, 11) is 0. The molecule has 0 unspecified atom stereocenters. The van der Waals surface area contributed by atoms with Gasteiger partial charge < -0.3 is 5.32 Å². The molecule has 2 heterocycles. The third-order valence-electron chi connectivity index (χ3n) is 5.12. The number of benzene rings is 2. The van der Waals surface area contributed by atoms with Gasteiger partial charge in [-0.2, -0.15) is 0 Å². The van der Waals surface area contributed by atoms with E-state index >= 15 is 0 Å². The molecule has 8 heteroatoms. The van der Waals surface area contributed by atoms with Gasteiger partial charge in [0.1, 0.15) is 0 Å². The molecule has 1 aliphatic carbocycles. The van der Waals surface area contributed by atoms with Gasteiger partial charge in [0.2, 0.25) is 5.91 Å². The number of carbonyl (C=O) groups is 1. The molecule has 156 valence electrons. The molecule has 6 nitrogen and oxygen atoms in total. The van der Waals surface area contributed by atoms with Crippen LogP contribution in [0.15, 0.2) is 63.9 Å². The summed E-state index contributed by atoms with van der Waals surface area (Å²) in [5.41, 5.74) is 3.68. The lowest BCUT2D eigenvalue weighted by Gasteiger charge is -2.12. The van der Waals surface area contributed by atoms with Gasteiger partial charge in [-0.05, 0) is 31.9 Å². The first kappa shape index (κ1) is 20.0. The van der Waals surface area contributed by atoms with E-state index in [2.05, 4.69) is 15.3 Å². The average Bonchev–Trinajstić information content (AvgIpc) is 3.50. The van der Waals surface area contributed by atoms with Crippen molar-refractivity contribution in [3.63, 3.8) is 0 Å². The zero-order valence-electron chi connectivity index (χ0n) is 16.9. The van der Waals surface area contributed by atoms with Gasteiger partial charge in [-0.3, -0.25) is 14.2 Å². The van der Waals surface area contributed by atoms with Crippen molar-refractivity contribution >= 4 is 45.0 Å². The highest BCUT2D eigenvalue weighted by Gasteiger charge is 2.28. The second-order valence-corrected chi connectivity index (χ2v) is 9.36. The summed E-state index contributed by atoms with van der Waals surface area (Å²) in [6.07, 6.45) is 1.95. The second kappa shape index (κ2) is 8.28. The number of aromatic nitrogens is 3. The maximum Gasteiger partial charge on any atom is 0.262 e. The number of thiazole rings is 1. The molecule has 0 saturated heterocycles. The van der Waals surface area contributed by atoms with Crippen molar-refractivity contribution in [1.82, 2.24) is 14.5 Å². The third-order valence-corrected chi connectivity index (χ3v) is 6.83. The van der Waals surface area contributed by atoms with Crippen molar-refractivity contribution in [2.75, 3.05) is 11.1 Å². The first-order valence-corrected chi connectivity index (χ1v) is 11.9. The molecule has 1 amide bonds. The molecule has 0 radical (unpaired) electrons. The molecule has 2 aromatic heterocycles. The highest BCUT2D eigenvalue weighted by molar-refractivity contribution is 7.99. The molecule has 0 spiro atoms. The molecular weight excluding hydrogens is 428 g/mol. The third kappa shape index (κ3) is 4.26. The van der Waals surface area contributed by atoms with Gasteiger partial charge in [0.15, 0.2) is 10.3 Å². The Bertz CT molecular complexity index is 1320. The van der Waals surface area contributed by atoms with E-state index in [-0.39, 0.29) is 23.3 Å². The van der Waals surface area contributed by atoms with E-state index in [0.29, 0.717) is 21.2 Å². The first-order chi connectivity index (χ1) is 15.1. The second-order valence-electron chi connectivity index (χ2n) is 7.56. The fourth-order valence-electron chi connectivity index (χ4n) is 3.36. The van der Waals surface area contributed by atoms with Crippen LogP contribution < -0.4 is 10.9 Å². The van der Waals surface area contributed by atoms with Crippen molar-refractivity contribution in [1.29, 1.82) is 0 Å². The summed E-state index contributed by atoms with van der Waals surface area (Å²) in [5, 5.41) is 6.58. The zero-order valence-corrected chi connectivity index (χ0v) is 18.5. The summed E-state index contributed by atoms with van der Waals surface area (Å²) in [4.78, 5) is 34.6. The van der Waals surface area contributed by atoms with Crippen LogP contribution in [0.3, 0.4) is 0 Å². The summed E-state index contributed by atoms with van der Waals surface area (Å²) in [6, 6.07) is 15.7. The van der Waals surface area contributed by atoms with Crippen LogP contribution in [0.1, 0.15) is 24.4 Å². The first-order valence-electron chi connectivity index (χ1n) is 10.0. The summed E-state index contributed by atoms with van der Waals surface area (Å²) < 4.78 is 1.75. The predicted octanol–water partition coefficient (Wildman–Crippen LogP) is 4.89. The lowest BCUT2D eigenvalue weighted by Crippen LogP contribution is -2.23. The van der Waals surface area contributed by atoms with Crippen LogP contribution in [-0.4, -0.2) is 26.2 Å². The number of para-hydroxylation sites is 1. The van der Waals surface area contributed by atoms with Gasteiger partial charge in [-0.1, -0.05) is 53.7 Å². The number of hydrogen-bond donors (Lipinski definition) is 1. The van der Waals surface area contributed by atoms with E-state index < -0.39 is 0 Å². The van der Waals surface area contributed by atoms with Crippen molar-refractivity contribution in [2.24, 2.45) is 0 Å². The number of hydrogen-bond acceptors (Lipinski definition) is 6. The summed E-state index contributed by atoms with van der Waals surface area (Å²) >= 11 is 2.69. The molecule has 0 bridgehead atoms. The average molecular weight is 449 g/mol. The van der Waals surface area contributed by atoms with Crippen molar-refractivity contribution in [3.05, 3.63) is 69.8 Å². The normalized spacial score (nSPS) is 13.5. The Morgan fingerprint density at radius 3 is 2.71 bits per heavy atom. The molecule has 1 fully saturated rings. The van der Waals surface area contributed by atoms with Crippen LogP contribution in [0.4, 0.5) is 5.13 Å². The Hall–Kier alpha value is -2.97. The molecule has 1 saturated carbocycles. The maximum absolute atomic E-state index is 12.9. The Morgan fingerprint density at radius 1 is 1.16 bits per heavy atom. The highest BCUT2D eigenvalue weighted by Crippen LogP contribution is 2.37. The van der Waals surface area contributed by atoms with Gasteiger partial charge in [-0.15, -0.1) is 11.3 Å². The van der Waals surface area contributed by atoms with E-state index in [1.54, 1.807) is 10.6 Å². The fourth-order valence-corrected chi connectivity index (χ4v) is 4.96. The number of thioether (sulfide) groups is 1. The summed E-state index contributed by atoms with van der Waals surface area (Å²) in [6.45, 7) is 2.04. The lowest BCUT2D eigenvalue weighted by atomic mass is 10.1. The highest BCUT2D eigenvalue weighted by atomic mass is 32.2. The fraction of sp³-hybridized carbons (Fsp3) is 0.217. The van der Waals surface area contributed by atoms with Crippen molar-refractivity contribution in [3.8, 4) is 11.3 Å². The topological polar surface area (TPSA) is 76.9 Å². The molecule has 2 aromatic carbocycles. The minimum absolute atomic E-state index is 0.0290. The monoisotopic (exact) mass is 448 g/mol. The Balaban J connectivity index is 1.30. The lowest BCUT2D eigenvalue weighted by molar-refractivity contribution is -0.113. The molecule has 1 N–H and O–H groups in total. The number of aryl methyl sites for hydroxylation is 1. The van der Waals surface area contributed by atoms with Gasteiger partial charge >= 0.3 is 0 Å². The van der Waals surface area contributed by atoms with Crippen LogP contribution in [-0.2, 0) is 4.79 Å². The van der Waals surface area contributed by atoms with E-state index in [0.717, 1.165) is 24.1 Å². The minimum Gasteiger partial charge on any atom is -0.301 e. The van der Waals surface area contributed by atoms with Crippen LogP contribution in [0.2, 0.25) is 0 Å². The van der Waals surface area contributed by atoms with Gasteiger partial charge in [-0.25, -0.2) is 9.97 Å². The van der Waals surface area contributed by atoms with Crippen LogP contribution >= 0.6 is 23.1 Å². The molecule has 31 heavy (non-hydrogen) atoms. The van der Waals surface area contributed by atoms with E-state index in [1.807, 2.05) is 54.8 Å². The predicted molar refractivity (Wildman–Crippen MR) is 126 cm³/mol. The van der Waals surface area contributed by atoms with Crippen LogP contribution in [0.25, 0.3) is 22.2 Å². The number of carbonyl (C=O) groups excluding carboxylic acids is 1. The SMILES string of the molecule is Cc1ccc(-c2csc(NC(=O)CSc3nc4ccccc4c(=O)n3C3CC3)n2)cc1. The van der Waals surface area contributed by atoms with E-state index in [9.17, 15) is 9.59 Å². The molecular formula is C23H20N4O2S2. The minimum atomic E-state index is -0.167. The standard InChI is InChI=1S/C23H20N4O2S2/c1-14-6-8-15(9-7-14)19-12-30-22(24-19)26-20(28)13-31-23-25-18-5-3-2-4-17(18)21(29)27(23)16-10-11-16/h2-9,12,16H,10-11,13H2,1H3,(H,24,26,28). The van der Waals surface area contributed by atoms with Gasteiger partial charge in [0.05, 0.1) is 22.3 Å². The smallest absolute Gasteiger partial charge is 0.262 e.